The standard InChI is InChI=1S/C22H16BrN/c1-22(2)17-11-15(19-5-3-4-8-24-19)9-13-6-7-14-10-16(23)12-18(22)21(14)20(13)17/h3-12H,1-2H3. The van der Waals surface area contributed by atoms with Gasteiger partial charge in [0.2, 0.25) is 0 Å². The maximum absolute atomic E-state index is 4.54. The number of hydrogen-bond acceptors (Lipinski definition) is 1. The van der Waals surface area contributed by atoms with Gasteiger partial charge in [-0.25, -0.2) is 0 Å². The van der Waals surface area contributed by atoms with Gasteiger partial charge < -0.3 is 0 Å². The van der Waals surface area contributed by atoms with Gasteiger partial charge in [0.15, 0.2) is 0 Å². The zero-order valence-corrected chi connectivity index (χ0v) is 15.2. The van der Waals surface area contributed by atoms with Gasteiger partial charge in [-0.15, -0.1) is 0 Å². The number of nitrogens with zero attached hydrogens (tertiary/aromatic N) is 1. The molecule has 24 heavy (non-hydrogen) atoms. The molecule has 1 aliphatic rings. The molecule has 0 fully saturated rings. The van der Waals surface area contributed by atoms with Gasteiger partial charge in [0.25, 0.3) is 0 Å². The number of benzene rings is 3. The lowest BCUT2D eigenvalue weighted by molar-refractivity contribution is 0.662. The Morgan fingerprint density at radius 2 is 1.54 bits per heavy atom. The van der Waals surface area contributed by atoms with Crippen LogP contribution in [0.1, 0.15) is 25.0 Å². The Bertz CT molecular complexity index is 1130. The number of halogens is 1. The molecule has 1 aromatic heterocycles. The van der Waals surface area contributed by atoms with E-state index in [1.807, 2.05) is 18.3 Å². The number of aromatic nitrogens is 1. The molecule has 2 heteroatoms. The molecule has 0 radical (unpaired) electrons. The summed E-state index contributed by atoms with van der Waals surface area (Å²) < 4.78 is 1.15. The third-order valence-electron chi connectivity index (χ3n) is 5.30. The average Bonchev–Trinajstić information content (AvgIpc) is 2.82. The maximum Gasteiger partial charge on any atom is 0.0702 e. The molecule has 1 aliphatic carbocycles. The van der Waals surface area contributed by atoms with Gasteiger partial charge in [-0.2, -0.15) is 0 Å². The Kier molecular flexibility index (Phi) is 2.76. The highest BCUT2D eigenvalue weighted by Gasteiger charge is 2.34. The molecule has 0 spiro atoms. The lowest BCUT2D eigenvalue weighted by atomic mass is 9.81. The van der Waals surface area contributed by atoms with Gasteiger partial charge in [0.1, 0.15) is 0 Å². The molecule has 116 valence electrons. The molecule has 0 saturated heterocycles. The molecule has 0 saturated carbocycles. The molecular formula is C22H16BrN. The van der Waals surface area contributed by atoms with Crippen LogP contribution in [-0.2, 0) is 5.41 Å². The van der Waals surface area contributed by atoms with Crippen LogP contribution in [0, 0.1) is 0 Å². The molecule has 0 aliphatic heterocycles. The summed E-state index contributed by atoms with van der Waals surface area (Å²) in [6.07, 6.45) is 1.86. The Morgan fingerprint density at radius 3 is 2.25 bits per heavy atom. The fraction of sp³-hybridized carbons (Fsp3) is 0.136. The van der Waals surface area contributed by atoms with Crippen molar-refractivity contribution >= 4 is 37.5 Å². The van der Waals surface area contributed by atoms with Crippen LogP contribution in [0.5, 0.6) is 0 Å². The van der Waals surface area contributed by atoms with Gasteiger partial charge >= 0.3 is 0 Å². The summed E-state index contributed by atoms with van der Waals surface area (Å²) in [6, 6.07) is 19.7. The fourth-order valence-electron chi connectivity index (χ4n) is 4.11. The summed E-state index contributed by atoms with van der Waals surface area (Å²) in [6.45, 7) is 4.65. The van der Waals surface area contributed by atoms with E-state index in [0.29, 0.717) is 0 Å². The minimum Gasteiger partial charge on any atom is -0.256 e. The highest BCUT2D eigenvalue weighted by molar-refractivity contribution is 9.10. The van der Waals surface area contributed by atoms with E-state index in [9.17, 15) is 0 Å². The van der Waals surface area contributed by atoms with Crippen LogP contribution >= 0.6 is 15.9 Å². The van der Waals surface area contributed by atoms with Gasteiger partial charge in [0, 0.05) is 21.6 Å². The monoisotopic (exact) mass is 373 g/mol. The molecule has 3 aromatic carbocycles. The predicted octanol–water partition coefficient (Wildman–Crippen LogP) is 6.46. The number of pyridine rings is 1. The highest BCUT2D eigenvalue weighted by Crippen LogP contribution is 2.50. The highest BCUT2D eigenvalue weighted by atomic mass is 79.9. The van der Waals surface area contributed by atoms with E-state index in [1.54, 1.807) is 0 Å². The second kappa shape index (κ2) is 4.67. The molecule has 0 N–H and O–H groups in total. The molecule has 0 atom stereocenters. The van der Waals surface area contributed by atoms with Crippen LogP contribution in [0.2, 0.25) is 0 Å². The van der Waals surface area contributed by atoms with Crippen LogP contribution in [0.4, 0.5) is 0 Å². The molecule has 4 aromatic rings. The van der Waals surface area contributed by atoms with E-state index < -0.39 is 0 Å². The lowest BCUT2D eigenvalue weighted by Crippen LogP contribution is -2.15. The fourth-order valence-corrected chi connectivity index (χ4v) is 4.58. The van der Waals surface area contributed by atoms with Crippen LogP contribution in [-0.4, -0.2) is 4.98 Å². The van der Waals surface area contributed by atoms with Crippen molar-refractivity contribution in [3.8, 4) is 11.3 Å². The van der Waals surface area contributed by atoms with Gasteiger partial charge in [-0.1, -0.05) is 48.0 Å². The van der Waals surface area contributed by atoms with Crippen LogP contribution in [0.3, 0.4) is 0 Å². The predicted molar refractivity (Wildman–Crippen MR) is 105 cm³/mol. The zero-order chi connectivity index (χ0) is 16.5. The molecule has 5 rings (SSSR count). The Balaban J connectivity index is 1.93. The topological polar surface area (TPSA) is 12.9 Å². The van der Waals surface area contributed by atoms with Crippen molar-refractivity contribution < 1.29 is 0 Å². The van der Waals surface area contributed by atoms with E-state index in [1.165, 1.54) is 38.2 Å². The Labute approximate surface area is 149 Å². The van der Waals surface area contributed by atoms with Crippen LogP contribution < -0.4 is 0 Å². The van der Waals surface area contributed by atoms with Crippen molar-refractivity contribution in [2.45, 2.75) is 19.3 Å². The first-order valence-electron chi connectivity index (χ1n) is 8.18. The Hall–Kier alpha value is -2.19. The smallest absolute Gasteiger partial charge is 0.0702 e. The second-order valence-electron chi connectivity index (χ2n) is 7.08. The van der Waals surface area contributed by atoms with Crippen molar-refractivity contribution in [1.82, 2.24) is 4.98 Å². The first-order valence-corrected chi connectivity index (χ1v) is 8.97. The summed E-state index contributed by atoms with van der Waals surface area (Å²) in [5.41, 5.74) is 5.03. The molecule has 0 unspecified atom stereocenters. The van der Waals surface area contributed by atoms with Crippen LogP contribution in [0.25, 0.3) is 32.8 Å². The third kappa shape index (κ3) is 1.78. The third-order valence-corrected chi connectivity index (χ3v) is 5.76. The first-order chi connectivity index (χ1) is 11.6. The maximum atomic E-state index is 4.54. The minimum atomic E-state index is -0.00520. The van der Waals surface area contributed by atoms with E-state index in [0.717, 1.165) is 10.2 Å². The number of hydrogen-bond donors (Lipinski definition) is 0. The van der Waals surface area contributed by atoms with Crippen molar-refractivity contribution in [2.75, 3.05) is 0 Å². The quantitative estimate of drug-likeness (QED) is 0.349. The SMILES string of the molecule is CC1(C)c2cc(Br)cc3ccc4cc(-c5ccccn5)cc1c4c23. The van der Waals surface area contributed by atoms with E-state index in [4.69, 9.17) is 0 Å². The summed E-state index contributed by atoms with van der Waals surface area (Å²) in [5.74, 6) is 0. The molecule has 0 amide bonds. The van der Waals surface area contributed by atoms with Crippen molar-refractivity contribution in [3.05, 3.63) is 76.4 Å². The average molecular weight is 374 g/mol. The summed E-state index contributed by atoms with van der Waals surface area (Å²) >= 11 is 3.68. The normalized spacial score (nSPS) is 14.8. The summed E-state index contributed by atoms with van der Waals surface area (Å²) in [4.78, 5) is 4.54. The Morgan fingerprint density at radius 1 is 0.833 bits per heavy atom. The van der Waals surface area contributed by atoms with Gasteiger partial charge in [0.05, 0.1) is 5.69 Å². The largest absolute Gasteiger partial charge is 0.256 e. The number of rotatable bonds is 1. The molecule has 1 heterocycles. The van der Waals surface area contributed by atoms with Gasteiger partial charge in [-0.05, 0) is 69.1 Å². The molecule has 0 bridgehead atoms. The van der Waals surface area contributed by atoms with Crippen molar-refractivity contribution in [3.63, 3.8) is 0 Å². The van der Waals surface area contributed by atoms with E-state index >= 15 is 0 Å². The van der Waals surface area contributed by atoms with E-state index in [2.05, 4.69) is 77.2 Å². The molecule has 1 nitrogen and oxygen atoms in total. The summed E-state index contributed by atoms with van der Waals surface area (Å²) in [7, 11) is 0. The van der Waals surface area contributed by atoms with Crippen molar-refractivity contribution in [1.29, 1.82) is 0 Å². The zero-order valence-electron chi connectivity index (χ0n) is 13.6. The minimum absolute atomic E-state index is 0.00520. The van der Waals surface area contributed by atoms with Crippen LogP contribution in [0.15, 0.2) is 65.3 Å². The molecular weight excluding hydrogens is 358 g/mol. The first kappa shape index (κ1) is 14.2. The van der Waals surface area contributed by atoms with Gasteiger partial charge in [-0.3, -0.25) is 4.98 Å². The second-order valence-corrected chi connectivity index (χ2v) is 7.99. The summed E-state index contributed by atoms with van der Waals surface area (Å²) in [5, 5.41) is 5.42. The lowest BCUT2D eigenvalue weighted by Gasteiger charge is -2.22. The van der Waals surface area contributed by atoms with Crippen molar-refractivity contribution in [2.24, 2.45) is 0 Å². The van der Waals surface area contributed by atoms with E-state index in [-0.39, 0.29) is 5.41 Å².